The van der Waals surface area contributed by atoms with Gasteiger partial charge in [-0.2, -0.15) is 0 Å². The molecule has 0 aromatic heterocycles. The fourth-order valence-electron chi connectivity index (χ4n) is 3.44. The monoisotopic (exact) mass is 397 g/mol. The summed E-state index contributed by atoms with van der Waals surface area (Å²) in [6.45, 7) is 5.70. The first kappa shape index (κ1) is 20.7. The SMILES string of the molecule is Cc1cccc(OCCOc2ccccc2CCN2CC(C(=O)O)CC2=O)c1C. The van der Waals surface area contributed by atoms with Crippen LogP contribution < -0.4 is 9.47 Å². The third-order valence-electron chi connectivity index (χ3n) is 5.34. The minimum absolute atomic E-state index is 0.0865. The zero-order valence-corrected chi connectivity index (χ0v) is 16.9. The number of likely N-dealkylation sites (tertiary alicyclic amines) is 1. The van der Waals surface area contributed by atoms with E-state index in [0.717, 1.165) is 22.6 Å². The molecule has 1 fully saturated rings. The molecule has 1 atom stereocenters. The van der Waals surface area contributed by atoms with Crippen molar-refractivity contribution in [3.8, 4) is 11.5 Å². The summed E-state index contributed by atoms with van der Waals surface area (Å²) in [5.41, 5.74) is 3.31. The van der Waals surface area contributed by atoms with Gasteiger partial charge in [-0.3, -0.25) is 9.59 Å². The normalized spacial score (nSPS) is 16.1. The average Bonchev–Trinajstić information content (AvgIpc) is 3.08. The first-order chi connectivity index (χ1) is 14.0. The first-order valence-electron chi connectivity index (χ1n) is 9.86. The van der Waals surface area contributed by atoms with Gasteiger partial charge in [0.2, 0.25) is 5.91 Å². The molecular weight excluding hydrogens is 370 g/mol. The van der Waals surface area contributed by atoms with Crippen molar-refractivity contribution >= 4 is 11.9 Å². The van der Waals surface area contributed by atoms with E-state index < -0.39 is 11.9 Å². The van der Waals surface area contributed by atoms with Gasteiger partial charge < -0.3 is 19.5 Å². The van der Waals surface area contributed by atoms with E-state index in [9.17, 15) is 9.59 Å². The number of para-hydroxylation sites is 1. The van der Waals surface area contributed by atoms with E-state index in [0.29, 0.717) is 26.2 Å². The summed E-state index contributed by atoms with van der Waals surface area (Å²) in [5, 5.41) is 9.10. The zero-order valence-electron chi connectivity index (χ0n) is 16.9. The number of benzene rings is 2. The van der Waals surface area contributed by atoms with Gasteiger partial charge in [-0.25, -0.2) is 0 Å². The number of aliphatic carboxylic acids is 1. The Hall–Kier alpha value is -3.02. The van der Waals surface area contributed by atoms with Crippen molar-refractivity contribution in [1.82, 2.24) is 4.90 Å². The summed E-state index contributed by atoms with van der Waals surface area (Å²) in [6.07, 6.45) is 0.704. The Labute approximate surface area is 171 Å². The molecule has 1 aliphatic heterocycles. The van der Waals surface area contributed by atoms with Gasteiger partial charge in [0.15, 0.2) is 0 Å². The average molecular weight is 397 g/mol. The highest BCUT2D eigenvalue weighted by molar-refractivity contribution is 5.86. The van der Waals surface area contributed by atoms with Crippen LogP contribution in [0, 0.1) is 19.8 Å². The van der Waals surface area contributed by atoms with Crippen molar-refractivity contribution < 1.29 is 24.2 Å². The van der Waals surface area contributed by atoms with E-state index in [2.05, 4.69) is 13.0 Å². The lowest BCUT2D eigenvalue weighted by molar-refractivity contribution is -0.141. The summed E-state index contributed by atoms with van der Waals surface area (Å²) in [4.78, 5) is 24.7. The molecule has 0 radical (unpaired) electrons. The number of hydrogen-bond acceptors (Lipinski definition) is 4. The quantitative estimate of drug-likeness (QED) is 0.658. The van der Waals surface area contributed by atoms with Crippen molar-refractivity contribution in [1.29, 1.82) is 0 Å². The maximum Gasteiger partial charge on any atom is 0.308 e. The Morgan fingerprint density at radius 1 is 1.07 bits per heavy atom. The summed E-state index contributed by atoms with van der Waals surface area (Å²) >= 11 is 0. The summed E-state index contributed by atoms with van der Waals surface area (Å²) < 4.78 is 11.7. The van der Waals surface area contributed by atoms with Gasteiger partial charge in [0, 0.05) is 19.5 Å². The van der Waals surface area contributed by atoms with E-state index in [4.69, 9.17) is 14.6 Å². The minimum atomic E-state index is -0.909. The van der Waals surface area contributed by atoms with Crippen LogP contribution in [0.5, 0.6) is 11.5 Å². The van der Waals surface area contributed by atoms with Gasteiger partial charge in [0.1, 0.15) is 24.7 Å². The third kappa shape index (κ3) is 5.28. The second kappa shape index (κ2) is 9.45. The number of hydrogen-bond donors (Lipinski definition) is 1. The topological polar surface area (TPSA) is 76.1 Å². The number of rotatable bonds is 9. The van der Waals surface area contributed by atoms with E-state index in [1.807, 2.05) is 43.3 Å². The van der Waals surface area contributed by atoms with Crippen LogP contribution in [-0.2, 0) is 16.0 Å². The molecule has 6 heteroatoms. The highest BCUT2D eigenvalue weighted by atomic mass is 16.5. The molecular formula is C23H27NO5. The molecule has 0 spiro atoms. The van der Waals surface area contributed by atoms with Crippen molar-refractivity contribution in [2.75, 3.05) is 26.3 Å². The van der Waals surface area contributed by atoms with Crippen molar-refractivity contribution in [2.24, 2.45) is 5.92 Å². The molecule has 154 valence electrons. The van der Waals surface area contributed by atoms with Gasteiger partial charge in [0.25, 0.3) is 0 Å². The van der Waals surface area contributed by atoms with Crippen LogP contribution in [-0.4, -0.2) is 48.2 Å². The molecule has 1 saturated heterocycles. The fourth-order valence-corrected chi connectivity index (χ4v) is 3.44. The van der Waals surface area contributed by atoms with Crippen LogP contribution >= 0.6 is 0 Å². The Morgan fingerprint density at radius 2 is 1.76 bits per heavy atom. The Morgan fingerprint density at radius 3 is 2.48 bits per heavy atom. The van der Waals surface area contributed by atoms with E-state index in [1.165, 1.54) is 5.56 Å². The predicted molar refractivity (Wildman–Crippen MR) is 109 cm³/mol. The molecule has 6 nitrogen and oxygen atoms in total. The number of amides is 1. The Kier molecular flexibility index (Phi) is 6.75. The Bertz CT molecular complexity index is 879. The number of aryl methyl sites for hydroxylation is 1. The van der Waals surface area contributed by atoms with Gasteiger partial charge in [-0.1, -0.05) is 30.3 Å². The lowest BCUT2D eigenvalue weighted by Gasteiger charge is -2.18. The number of carboxylic acid groups (broad SMARTS) is 1. The van der Waals surface area contributed by atoms with Gasteiger partial charge in [-0.05, 0) is 49.1 Å². The number of carbonyl (C=O) groups is 2. The number of carbonyl (C=O) groups excluding carboxylic acids is 1. The summed E-state index contributed by atoms with van der Waals surface area (Å²) in [6, 6.07) is 13.7. The van der Waals surface area contributed by atoms with Crippen molar-refractivity contribution in [2.45, 2.75) is 26.7 Å². The summed E-state index contributed by atoms with van der Waals surface area (Å²) in [5.74, 6) is 0.0169. The molecule has 1 amide bonds. The molecule has 3 rings (SSSR count). The highest BCUT2D eigenvalue weighted by Gasteiger charge is 2.33. The molecule has 1 aliphatic rings. The molecule has 0 aliphatic carbocycles. The lowest BCUT2D eigenvalue weighted by atomic mass is 10.1. The van der Waals surface area contributed by atoms with E-state index in [-0.39, 0.29) is 18.9 Å². The molecule has 1 heterocycles. The Balaban J connectivity index is 1.51. The second-order valence-electron chi connectivity index (χ2n) is 7.33. The lowest BCUT2D eigenvalue weighted by Crippen LogP contribution is -2.28. The largest absolute Gasteiger partial charge is 0.490 e. The molecule has 2 aromatic rings. The van der Waals surface area contributed by atoms with Gasteiger partial charge in [0.05, 0.1) is 5.92 Å². The first-order valence-corrected chi connectivity index (χ1v) is 9.86. The highest BCUT2D eigenvalue weighted by Crippen LogP contribution is 2.23. The third-order valence-corrected chi connectivity index (χ3v) is 5.34. The molecule has 0 bridgehead atoms. The van der Waals surface area contributed by atoms with Gasteiger partial charge in [-0.15, -0.1) is 0 Å². The van der Waals surface area contributed by atoms with Crippen molar-refractivity contribution in [3.05, 3.63) is 59.2 Å². The molecule has 2 aromatic carbocycles. The standard InChI is InChI=1S/C23H27NO5/c1-16-6-5-9-20(17(16)2)28-12-13-29-21-8-4-3-7-18(21)10-11-24-15-19(23(26)27)14-22(24)25/h3-9,19H,10-15H2,1-2H3,(H,26,27). The second-order valence-corrected chi connectivity index (χ2v) is 7.33. The van der Waals surface area contributed by atoms with Crippen LogP contribution in [0.15, 0.2) is 42.5 Å². The molecule has 0 saturated carbocycles. The van der Waals surface area contributed by atoms with Crippen LogP contribution in [0.4, 0.5) is 0 Å². The molecule has 1 unspecified atom stereocenters. The van der Waals surface area contributed by atoms with Crippen LogP contribution in [0.3, 0.4) is 0 Å². The number of carboxylic acids is 1. The van der Waals surface area contributed by atoms with Crippen LogP contribution in [0.25, 0.3) is 0 Å². The molecule has 29 heavy (non-hydrogen) atoms. The van der Waals surface area contributed by atoms with Crippen LogP contribution in [0.1, 0.15) is 23.1 Å². The van der Waals surface area contributed by atoms with Crippen molar-refractivity contribution in [3.63, 3.8) is 0 Å². The number of ether oxygens (including phenoxy) is 2. The fraction of sp³-hybridized carbons (Fsp3) is 0.391. The molecule has 1 N–H and O–H groups in total. The minimum Gasteiger partial charge on any atom is -0.490 e. The van der Waals surface area contributed by atoms with E-state index in [1.54, 1.807) is 4.90 Å². The smallest absolute Gasteiger partial charge is 0.308 e. The van der Waals surface area contributed by atoms with Crippen LogP contribution in [0.2, 0.25) is 0 Å². The predicted octanol–water partition coefficient (Wildman–Crippen LogP) is 3.24. The van der Waals surface area contributed by atoms with Gasteiger partial charge >= 0.3 is 5.97 Å². The van der Waals surface area contributed by atoms with E-state index >= 15 is 0 Å². The summed E-state index contributed by atoms with van der Waals surface area (Å²) in [7, 11) is 0. The maximum atomic E-state index is 12.0. The number of nitrogens with zero attached hydrogens (tertiary/aromatic N) is 1. The zero-order chi connectivity index (χ0) is 20.8. The maximum absolute atomic E-state index is 12.0.